The number of ether oxygens (including phenoxy) is 1. The summed E-state index contributed by atoms with van der Waals surface area (Å²) in [5.41, 5.74) is 0. The lowest BCUT2D eigenvalue weighted by Crippen LogP contribution is -2.48. The normalized spacial score (nSPS) is 28.0. The van der Waals surface area contributed by atoms with Crippen molar-refractivity contribution in [3.63, 3.8) is 0 Å². The van der Waals surface area contributed by atoms with Gasteiger partial charge in [0.2, 0.25) is 0 Å². The second-order valence-corrected chi connectivity index (χ2v) is 5.91. The van der Waals surface area contributed by atoms with Crippen molar-refractivity contribution in [3.8, 4) is 0 Å². The van der Waals surface area contributed by atoms with Crippen molar-refractivity contribution in [2.24, 2.45) is 11.8 Å². The molecule has 0 aliphatic heterocycles. The van der Waals surface area contributed by atoms with Crippen molar-refractivity contribution in [2.45, 2.75) is 78.4 Å². The average Bonchev–Trinajstić information content (AvgIpc) is 2.38. The van der Waals surface area contributed by atoms with Crippen LogP contribution in [-0.4, -0.2) is 25.3 Å². The van der Waals surface area contributed by atoms with Crippen molar-refractivity contribution in [1.29, 1.82) is 0 Å². The smallest absolute Gasteiger partial charge is 0.0727 e. The van der Waals surface area contributed by atoms with E-state index in [0.717, 1.165) is 31.4 Å². The van der Waals surface area contributed by atoms with Gasteiger partial charge < -0.3 is 10.1 Å². The zero-order valence-corrected chi connectivity index (χ0v) is 12.9. The Morgan fingerprint density at radius 3 is 2.56 bits per heavy atom. The number of rotatable bonds is 8. The van der Waals surface area contributed by atoms with E-state index >= 15 is 0 Å². The molecule has 1 N–H and O–H groups in total. The predicted molar refractivity (Wildman–Crippen MR) is 78.9 cm³/mol. The Morgan fingerprint density at radius 1 is 1.22 bits per heavy atom. The van der Waals surface area contributed by atoms with Gasteiger partial charge in [0.25, 0.3) is 0 Å². The molecule has 1 fully saturated rings. The van der Waals surface area contributed by atoms with E-state index in [1.54, 1.807) is 0 Å². The maximum absolute atomic E-state index is 5.98. The standard InChI is InChI=1S/C16H33NO/c1-5-11-17-16(15(6-2)18-7-3)14-10-8-9-13(4)12-14/h13-17H,5-12H2,1-4H3. The molecular formula is C16H33NO. The zero-order valence-electron chi connectivity index (χ0n) is 12.9. The first kappa shape index (κ1) is 16.0. The van der Waals surface area contributed by atoms with E-state index in [1.807, 2.05) is 0 Å². The third-order valence-electron chi connectivity index (χ3n) is 4.30. The van der Waals surface area contributed by atoms with Gasteiger partial charge in [0.15, 0.2) is 0 Å². The minimum Gasteiger partial charge on any atom is -0.377 e. The molecule has 0 radical (unpaired) electrons. The van der Waals surface area contributed by atoms with Crippen molar-refractivity contribution < 1.29 is 4.74 Å². The summed E-state index contributed by atoms with van der Waals surface area (Å²) in [5.74, 6) is 1.71. The van der Waals surface area contributed by atoms with Crippen LogP contribution >= 0.6 is 0 Å². The fourth-order valence-electron chi connectivity index (χ4n) is 3.41. The Morgan fingerprint density at radius 2 is 2.00 bits per heavy atom. The lowest BCUT2D eigenvalue weighted by atomic mass is 9.76. The first-order valence-corrected chi connectivity index (χ1v) is 8.07. The van der Waals surface area contributed by atoms with Gasteiger partial charge in [0, 0.05) is 12.6 Å². The molecule has 0 bridgehead atoms. The molecule has 2 nitrogen and oxygen atoms in total. The highest BCUT2D eigenvalue weighted by Gasteiger charge is 2.31. The molecule has 108 valence electrons. The van der Waals surface area contributed by atoms with Crippen LogP contribution in [-0.2, 0) is 4.74 Å². The van der Waals surface area contributed by atoms with E-state index in [4.69, 9.17) is 4.74 Å². The summed E-state index contributed by atoms with van der Waals surface area (Å²) in [6, 6.07) is 0.567. The Hall–Kier alpha value is -0.0800. The van der Waals surface area contributed by atoms with Gasteiger partial charge in [-0.3, -0.25) is 0 Å². The van der Waals surface area contributed by atoms with Crippen LogP contribution < -0.4 is 5.32 Å². The SMILES string of the molecule is CCCNC(C1CCCC(C)C1)C(CC)OCC. The van der Waals surface area contributed by atoms with Crippen molar-refractivity contribution in [1.82, 2.24) is 5.32 Å². The maximum atomic E-state index is 5.98. The second-order valence-electron chi connectivity index (χ2n) is 5.91. The van der Waals surface area contributed by atoms with E-state index in [0.29, 0.717) is 12.1 Å². The zero-order chi connectivity index (χ0) is 13.4. The van der Waals surface area contributed by atoms with Crippen LogP contribution in [0.1, 0.15) is 66.2 Å². The Kier molecular flexibility index (Phi) is 7.92. The number of hydrogen-bond acceptors (Lipinski definition) is 2. The summed E-state index contributed by atoms with van der Waals surface area (Å²) in [7, 11) is 0. The van der Waals surface area contributed by atoms with Crippen molar-refractivity contribution in [2.75, 3.05) is 13.2 Å². The van der Waals surface area contributed by atoms with Crippen LogP contribution in [0, 0.1) is 11.8 Å². The first-order valence-electron chi connectivity index (χ1n) is 8.07. The Labute approximate surface area is 114 Å². The first-order chi connectivity index (χ1) is 8.72. The molecule has 0 saturated heterocycles. The van der Waals surface area contributed by atoms with Gasteiger partial charge in [-0.1, -0.05) is 33.6 Å². The fourth-order valence-corrected chi connectivity index (χ4v) is 3.41. The summed E-state index contributed by atoms with van der Waals surface area (Å²) in [5, 5.41) is 3.77. The molecule has 1 rings (SSSR count). The summed E-state index contributed by atoms with van der Waals surface area (Å²) < 4.78 is 5.98. The summed E-state index contributed by atoms with van der Waals surface area (Å²) >= 11 is 0. The molecule has 0 spiro atoms. The highest BCUT2D eigenvalue weighted by atomic mass is 16.5. The van der Waals surface area contributed by atoms with Gasteiger partial charge in [0.1, 0.15) is 0 Å². The van der Waals surface area contributed by atoms with Gasteiger partial charge >= 0.3 is 0 Å². The van der Waals surface area contributed by atoms with Crippen molar-refractivity contribution >= 4 is 0 Å². The molecule has 2 heteroatoms. The molecule has 1 saturated carbocycles. The molecule has 0 aromatic carbocycles. The quantitative estimate of drug-likeness (QED) is 0.708. The van der Waals surface area contributed by atoms with Gasteiger partial charge in [-0.15, -0.1) is 0 Å². The highest BCUT2D eigenvalue weighted by Crippen LogP contribution is 2.32. The molecule has 4 unspecified atom stereocenters. The van der Waals surface area contributed by atoms with E-state index in [9.17, 15) is 0 Å². The molecule has 0 aromatic heterocycles. The summed E-state index contributed by atoms with van der Waals surface area (Å²) in [6.45, 7) is 11.0. The molecular weight excluding hydrogens is 222 g/mol. The van der Waals surface area contributed by atoms with Crippen LogP contribution in [0.15, 0.2) is 0 Å². The average molecular weight is 255 g/mol. The molecule has 1 aliphatic carbocycles. The van der Waals surface area contributed by atoms with E-state index in [-0.39, 0.29) is 0 Å². The topological polar surface area (TPSA) is 21.3 Å². The van der Waals surface area contributed by atoms with E-state index in [1.165, 1.54) is 32.1 Å². The van der Waals surface area contributed by atoms with Gasteiger partial charge in [-0.2, -0.15) is 0 Å². The highest BCUT2D eigenvalue weighted by molar-refractivity contribution is 4.86. The monoisotopic (exact) mass is 255 g/mol. The molecule has 0 amide bonds. The van der Waals surface area contributed by atoms with Crippen LogP contribution in [0.25, 0.3) is 0 Å². The van der Waals surface area contributed by atoms with E-state index < -0.39 is 0 Å². The van der Waals surface area contributed by atoms with Crippen LogP contribution in [0.4, 0.5) is 0 Å². The van der Waals surface area contributed by atoms with Gasteiger partial charge in [0.05, 0.1) is 6.10 Å². The minimum atomic E-state index is 0.400. The summed E-state index contributed by atoms with van der Waals surface area (Å²) in [4.78, 5) is 0. The second kappa shape index (κ2) is 8.92. The molecule has 0 heterocycles. The third-order valence-corrected chi connectivity index (χ3v) is 4.30. The molecule has 0 aromatic rings. The number of hydrogen-bond donors (Lipinski definition) is 1. The number of nitrogens with one attached hydrogen (secondary N) is 1. The van der Waals surface area contributed by atoms with Crippen LogP contribution in [0.5, 0.6) is 0 Å². The molecule has 4 atom stereocenters. The molecule has 1 aliphatic rings. The minimum absolute atomic E-state index is 0.400. The lowest BCUT2D eigenvalue weighted by molar-refractivity contribution is 0.00602. The van der Waals surface area contributed by atoms with E-state index in [2.05, 4.69) is 33.0 Å². The van der Waals surface area contributed by atoms with Crippen LogP contribution in [0.2, 0.25) is 0 Å². The Balaban J connectivity index is 2.62. The Bertz CT molecular complexity index is 207. The fraction of sp³-hybridized carbons (Fsp3) is 1.00. The third kappa shape index (κ3) is 4.89. The van der Waals surface area contributed by atoms with Gasteiger partial charge in [-0.05, 0) is 51.0 Å². The van der Waals surface area contributed by atoms with Gasteiger partial charge in [-0.25, -0.2) is 0 Å². The summed E-state index contributed by atoms with van der Waals surface area (Å²) in [6.07, 6.45) is 8.32. The maximum Gasteiger partial charge on any atom is 0.0727 e. The van der Waals surface area contributed by atoms with Crippen LogP contribution in [0.3, 0.4) is 0 Å². The molecule has 18 heavy (non-hydrogen) atoms. The van der Waals surface area contributed by atoms with Crippen molar-refractivity contribution in [3.05, 3.63) is 0 Å². The predicted octanol–water partition coefficient (Wildman–Crippen LogP) is 4.00. The lowest BCUT2D eigenvalue weighted by Gasteiger charge is -2.38. The largest absolute Gasteiger partial charge is 0.377 e.